The molecule has 1 N–H and O–H groups in total. The predicted molar refractivity (Wildman–Crippen MR) is 97.6 cm³/mol. The molecule has 0 radical (unpaired) electrons. The summed E-state index contributed by atoms with van der Waals surface area (Å²) >= 11 is 0. The van der Waals surface area contributed by atoms with Crippen LogP contribution >= 0.6 is 0 Å². The van der Waals surface area contributed by atoms with Crippen LogP contribution in [0.3, 0.4) is 0 Å². The zero-order valence-electron chi connectivity index (χ0n) is 14.7. The van der Waals surface area contributed by atoms with Crippen molar-refractivity contribution in [2.75, 3.05) is 15.9 Å². The number of halogens is 2. The molecular formula is C18H20F2N2O3S. The largest absolute Gasteiger partial charge is 0.322 e. The van der Waals surface area contributed by atoms with Gasteiger partial charge in [0.05, 0.1) is 17.6 Å². The van der Waals surface area contributed by atoms with E-state index < -0.39 is 33.6 Å². The lowest BCUT2D eigenvalue weighted by molar-refractivity contribution is -0.117. The molecule has 0 aliphatic rings. The van der Waals surface area contributed by atoms with Gasteiger partial charge in [-0.15, -0.1) is 0 Å². The Morgan fingerprint density at radius 1 is 1.19 bits per heavy atom. The second kappa shape index (κ2) is 7.82. The minimum absolute atomic E-state index is 0.162. The maximum Gasteiger partial charge on any atom is 0.248 e. The minimum Gasteiger partial charge on any atom is -0.322 e. The van der Waals surface area contributed by atoms with Crippen molar-refractivity contribution in [1.29, 1.82) is 0 Å². The summed E-state index contributed by atoms with van der Waals surface area (Å²) in [4.78, 5) is 12.6. The number of nitrogens with one attached hydrogen (secondary N) is 1. The Hall–Kier alpha value is -2.48. The summed E-state index contributed by atoms with van der Waals surface area (Å²) in [6.45, 7) is 3.46. The highest BCUT2D eigenvalue weighted by Crippen LogP contribution is 2.25. The number of rotatable bonds is 6. The van der Waals surface area contributed by atoms with E-state index in [9.17, 15) is 22.0 Å². The Labute approximate surface area is 151 Å². The highest BCUT2D eigenvalue weighted by molar-refractivity contribution is 7.92. The third-order valence-corrected chi connectivity index (χ3v) is 4.95. The van der Waals surface area contributed by atoms with Crippen molar-refractivity contribution in [3.05, 3.63) is 59.7 Å². The molecule has 1 atom stereocenters. The number of carbonyl (C=O) groups excluding carboxylic acids is 1. The molecule has 5 nitrogen and oxygen atoms in total. The van der Waals surface area contributed by atoms with Gasteiger partial charge < -0.3 is 5.32 Å². The van der Waals surface area contributed by atoms with E-state index in [2.05, 4.69) is 5.32 Å². The maximum atomic E-state index is 13.8. The first-order chi connectivity index (χ1) is 12.1. The molecule has 0 fully saturated rings. The first kappa shape index (κ1) is 19.8. The minimum atomic E-state index is -3.78. The van der Waals surface area contributed by atoms with Gasteiger partial charge in [-0.1, -0.05) is 19.1 Å². The summed E-state index contributed by atoms with van der Waals surface area (Å²) in [6, 6.07) is 8.38. The fourth-order valence-electron chi connectivity index (χ4n) is 2.63. The maximum absolute atomic E-state index is 13.8. The smallest absolute Gasteiger partial charge is 0.248 e. The molecule has 2 aromatic rings. The van der Waals surface area contributed by atoms with Gasteiger partial charge in [0.15, 0.2) is 0 Å². The molecule has 0 bridgehead atoms. The third-order valence-electron chi connectivity index (χ3n) is 3.77. The van der Waals surface area contributed by atoms with Crippen LogP contribution in [-0.4, -0.2) is 26.6 Å². The van der Waals surface area contributed by atoms with Crippen LogP contribution in [0.25, 0.3) is 0 Å². The van der Waals surface area contributed by atoms with E-state index in [1.807, 2.05) is 0 Å². The van der Waals surface area contributed by atoms with Crippen LogP contribution in [0.15, 0.2) is 42.5 Å². The van der Waals surface area contributed by atoms with Crippen molar-refractivity contribution < 1.29 is 22.0 Å². The molecule has 26 heavy (non-hydrogen) atoms. The molecule has 1 amide bonds. The second-order valence-electron chi connectivity index (χ2n) is 5.94. The molecule has 8 heteroatoms. The summed E-state index contributed by atoms with van der Waals surface area (Å²) in [7, 11) is -3.78. The topological polar surface area (TPSA) is 66.5 Å². The number of hydrogen-bond acceptors (Lipinski definition) is 3. The summed E-state index contributed by atoms with van der Waals surface area (Å²) < 4.78 is 52.5. The highest BCUT2D eigenvalue weighted by Gasteiger charge is 2.31. The second-order valence-corrected chi connectivity index (χ2v) is 7.79. The SMILES string of the molecule is CC[C@@H](C(=O)Nc1ccc(F)cc1F)N(c1cccc(C)c1)S(C)(=O)=O. The number of nitrogens with zero attached hydrogens (tertiary/aromatic N) is 1. The van der Waals surface area contributed by atoms with Crippen LogP contribution in [0, 0.1) is 18.6 Å². The van der Waals surface area contributed by atoms with Crippen molar-refractivity contribution in [1.82, 2.24) is 0 Å². The monoisotopic (exact) mass is 382 g/mol. The number of sulfonamides is 1. The molecule has 0 unspecified atom stereocenters. The van der Waals surface area contributed by atoms with E-state index in [1.165, 1.54) is 0 Å². The number of benzene rings is 2. The van der Waals surface area contributed by atoms with Gasteiger partial charge in [-0.2, -0.15) is 0 Å². The van der Waals surface area contributed by atoms with Crippen LogP contribution < -0.4 is 9.62 Å². The lowest BCUT2D eigenvalue weighted by Crippen LogP contribution is -2.47. The van der Waals surface area contributed by atoms with Crippen molar-refractivity contribution >= 4 is 27.3 Å². The number of anilines is 2. The van der Waals surface area contributed by atoms with Crippen LogP contribution in [-0.2, 0) is 14.8 Å². The van der Waals surface area contributed by atoms with Gasteiger partial charge in [-0.05, 0) is 43.2 Å². The Morgan fingerprint density at radius 3 is 2.42 bits per heavy atom. The zero-order chi connectivity index (χ0) is 19.5. The molecule has 2 aromatic carbocycles. The normalized spacial score (nSPS) is 12.5. The van der Waals surface area contributed by atoms with Crippen molar-refractivity contribution in [2.24, 2.45) is 0 Å². The Balaban J connectivity index is 2.40. The van der Waals surface area contributed by atoms with E-state index in [0.29, 0.717) is 11.8 Å². The molecule has 0 saturated carbocycles. The highest BCUT2D eigenvalue weighted by atomic mass is 32.2. The van der Waals surface area contributed by atoms with Gasteiger partial charge in [0.2, 0.25) is 15.9 Å². The lowest BCUT2D eigenvalue weighted by atomic mass is 10.1. The van der Waals surface area contributed by atoms with E-state index in [4.69, 9.17) is 0 Å². The van der Waals surface area contributed by atoms with Gasteiger partial charge >= 0.3 is 0 Å². The van der Waals surface area contributed by atoms with Crippen LogP contribution in [0.4, 0.5) is 20.2 Å². The predicted octanol–water partition coefficient (Wildman–Crippen LogP) is 3.46. The lowest BCUT2D eigenvalue weighted by Gasteiger charge is -2.30. The molecule has 0 aliphatic heterocycles. The van der Waals surface area contributed by atoms with Gasteiger partial charge in [-0.3, -0.25) is 9.10 Å². The molecular weight excluding hydrogens is 362 g/mol. The van der Waals surface area contributed by atoms with E-state index in [-0.39, 0.29) is 12.1 Å². The van der Waals surface area contributed by atoms with Crippen molar-refractivity contribution in [2.45, 2.75) is 26.3 Å². The van der Waals surface area contributed by atoms with Crippen LogP contribution in [0.5, 0.6) is 0 Å². The number of amides is 1. The first-order valence-corrected chi connectivity index (χ1v) is 9.80. The fourth-order valence-corrected chi connectivity index (χ4v) is 3.84. The summed E-state index contributed by atoms with van der Waals surface area (Å²) in [6.07, 6.45) is 1.17. The summed E-state index contributed by atoms with van der Waals surface area (Å²) in [5, 5.41) is 2.34. The fraction of sp³-hybridized carbons (Fsp3) is 0.278. The molecule has 0 spiro atoms. The Kier molecular flexibility index (Phi) is 5.97. The van der Waals surface area contributed by atoms with Gasteiger partial charge in [0.25, 0.3) is 0 Å². The standard InChI is InChI=1S/C18H20F2N2O3S/c1-4-17(18(23)21-16-9-8-13(19)11-15(16)20)22(26(3,24)25)14-7-5-6-12(2)10-14/h5-11,17H,4H2,1-3H3,(H,21,23)/t17-/m0/s1. The number of hydrogen-bond donors (Lipinski definition) is 1. The molecule has 2 rings (SSSR count). The molecule has 0 aliphatic carbocycles. The van der Waals surface area contributed by atoms with Crippen LogP contribution in [0.2, 0.25) is 0 Å². The molecule has 0 saturated heterocycles. The van der Waals surface area contributed by atoms with Gasteiger partial charge in [0, 0.05) is 6.07 Å². The summed E-state index contributed by atoms with van der Waals surface area (Å²) in [5.74, 6) is -2.41. The third kappa shape index (κ3) is 4.57. The molecule has 0 aromatic heterocycles. The summed E-state index contributed by atoms with van der Waals surface area (Å²) in [5.41, 5.74) is 0.956. The first-order valence-electron chi connectivity index (χ1n) is 7.95. The molecule has 140 valence electrons. The van der Waals surface area contributed by atoms with Gasteiger partial charge in [0.1, 0.15) is 17.7 Å². The quantitative estimate of drug-likeness (QED) is 0.832. The number of aryl methyl sites for hydroxylation is 1. The van der Waals surface area contributed by atoms with E-state index in [0.717, 1.165) is 28.3 Å². The van der Waals surface area contributed by atoms with Gasteiger partial charge in [-0.25, -0.2) is 17.2 Å². The number of carbonyl (C=O) groups is 1. The van der Waals surface area contributed by atoms with E-state index in [1.54, 1.807) is 38.1 Å². The van der Waals surface area contributed by atoms with Crippen molar-refractivity contribution in [3.63, 3.8) is 0 Å². The zero-order valence-corrected chi connectivity index (χ0v) is 15.5. The molecule has 0 heterocycles. The average molecular weight is 382 g/mol. The average Bonchev–Trinajstić information content (AvgIpc) is 2.53. The Bertz CT molecular complexity index is 916. The van der Waals surface area contributed by atoms with E-state index >= 15 is 0 Å². The van der Waals surface area contributed by atoms with Crippen molar-refractivity contribution in [3.8, 4) is 0 Å². The Morgan fingerprint density at radius 2 is 1.88 bits per heavy atom. The van der Waals surface area contributed by atoms with Crippen LogP contribution in [0.1, 0.15) is 18.9 Å².